The van der Waals surface area contributed by atoms with Crippen LogP contribution in [0, 0.1) is 0 Å². The highest BCUT2D eigenvalue weighted by Crippen LogP contribution is 1.71. The lowest BCUT2D eigenvalue weighted by Gasteiger charge is -1.96. The standard InChI is InChI=1S/C3H8O3.C3H8.2CH4.3H2O/c4-1-3(6)2-5;1-3-2;;;;;/h3-6H,1-2H2;3H2,1-2H3;2*1H4;3*1H2. The van der Waals surface area contributed by atoms with Crippen molar-refractivity contribution in [2.75, 3.05) is 13.2 Å². The van der Waals surface area contributed by atoms with Gasteiger partial charge in [0.15, 0.2) is 0 Å². The summed E-state index contributed by atoms with van der Waals surface area (Å²) in [5, 5.41) is 24.0. The molecule has 0 spiro atoms. The van der Waals surface area contributed by atoms with E-state index < -0.39 is 6.10 Å². The van der Waals surface area contributed by atoms with Gasteiger partial charge in [-0.25, -0.2) is 0 Å². The van der Waals surface area contributed by atoms with Gasteiger partial charge in [-0.15, -0.1) is 0 Å². The molecule has 0 rings (SSSR count). The summed E-state index contributed by atoms with van der Waals surface area (Å²) < 4.78 is 0. The van der Waals surface area contributed by atoms with Gasteiger partial charge >= 0.3 is 0 Å². The first-order valence-electron chi connectivity index (χ1n) is 3.12. The number of aliphatic hydroxyl groups is 3. The molecule has 0 amide bonds. The zero-order valence-electron chi connectivity index (χ0n) is 7.54. The molecule has 9 N–H and O–H groups in total. The molecule has 14 heavy (non-hydrogen) atoms. The first-order valence-corrected chi connectivity index (χ1v) is 3.12. The summed E-state index contributed by atoms with van der Waals surface area (Å²) in [5.74, 6) is 0. The Labute approximate surface area is 87.1 Å². The predicted molar refractivity (Wildman–Crippen MR) is 60.4 cm³/mol. The Morgan fingerprint density at radius 3 is 1.00 bits per heavy atom. The van der Waals surface area contributed by atoms with E-state index in [1.165, 1.54) is 6.42 Å². The lowest BCUT2D eigenvalue weighted by atomic mass is 10.4. The van der Waals surface area contributed by atoms with Crippen LogP contribution in [0.3, 0.4) is 0 Å². The Balaban J connectivity index is -0.0000000113. The molecule has 0 atom stereocenters. The monoisotopic (exact) mass is 222 g/mol. The van der Waals surface area contributed by atoms with Crippen LogP contribution in [0.2, 0.25) is 0 Å². The smallest absolute Gasteiger partial charge is 0.100 e. The highest BCUT2D eigenvalue weighted by molar-refractivity contribution is 4.43. The van der Waals surface area contributed by atoms with E-state index in [1.54, 1.807) is 0 Å². The van der Waals surface area contributed by atoms with Crippen molar-refractivity contribution in [2.45, 2.75) is 41.2 Å². The van der Waals surface area contributed by atoms with Crippen LogP contribution in [0.15, 0.2) is 0 Å². The van der Waals surface area contributed by atoms with E-state index in [-0.39, 0.29) is 44.5 Å². The van der Waals surface area contributed by atoms with Crippen LogP contribution in [-0.2, 0) is 0 Å². The van der Waals surface area contributed by atoms with E-state index in [2.05, 4.69) is 13.8 Å². The van der Waals surface area contributed by atoms with Crippen LogP contribution in [0.25, 0.3) is 0 Å². The highest BCUT2D eigenvalue weighted by atomic mass is 16.3. The van der Waals surface area contributed by atoms with Gasteiger partial charge in [-0.3, -0.25) is 0 Å². The molecule has 0 heterocycles. The highest BCUT2D eigenvalue weighted by Gasteiger charge is 1.93. The van der Waals surface area contributed by atoms with Gasteiger partial charge in [0.1, 0.15) is 6.10 Å². The second-order valence-electron chi connectivity index (χ2n) is 1.73. The molecule has 98 valence electrons. The van der Waals surface area contributed by atoms with E-state index in [4.69, 9.17) is 15.3 Å². The van der Waals surface area contributed by atoms with E-state index in [9.17, 15) is 0 Å². The molecule has 0 aromatic carbocycles. The molecule has 0 aliphatic rings. The summed E-state index contributed by atoms with van der Waals surface area (Å²) >= 11 is 0. The summed E-state index contributed by atoms with van der Waals surface area (Å²) in [6.07, 6.45) is 0.296. The maximum atomic E-state index is 8.17. The van der Waals surface area contributed by atoms with Crippen LogP contribution in [0.5, 0.6) is 0 Å². The number of aliphatic hydroxyl groups excluding tert-OH is 3. The second kappa shape index (κ2) is 53.2. The maximum Gasteiger partial charge on any atom is 0.100 e. The molecular formula is C8H30O6. The average Bonchev–Trinajstić information content (AvgIpc) is 1.88. The first-order chi connectivity index (χ1) is 4.22. The average molecular weight is 222 g/mol. The maximum absolute atomic E-state index is 8.17. The van der Waals surface area contributed by atoms with Crippen LogP contribution in [0.1, 0.15) is 35.1 Å². The van der Waals surface area contributed by atoms with Crippen LogP contribution < -0.4 is 0 Å². The lowest BCUT2D eigenvalue weighted by molar-refractivity contribution is 0.0450. The Morgan fingerprint density at radius 1 is 0.857 bits per heavy atom. The quantitative estimate of drug-likeness (QED) is 0.523. The summed E-state index contributed by atoms with van der Waals surface area (Å²) in [5.41, 5.74) is 0. The first kappa shape index (κ1) is 49.0. The van der Waals surface area contributed by atoms with E-state index in [0.29, 0.717) is 0 Å². The topological polar surface area (TPSA) is 155 Å². The molecule has 6 heteroatoms. The van der Waals surface area contributed by atoms with Gasteiger partial charge in [-0.2, -0.15) is 0 Å². The predicted octanol–water partition coefficient (Wildman–Crippen LogP) is -1.45. The van der Waals surface area contributed by atoms with Gasteiger partial charge in [0.2, 0.25) is 0 Å². The Bertz CT molecular complexity index is 40.8. The molecule has 0 bridgehead atoms. The van der Waals surface area contributed by atoms with Crippen molar-refractivity contribution in [2.24, 2.45) is 0 Å². The molecule has 0 aliphatic heterocycles. The van der Waals surface area contributed by atoms with Gasteiger partial charge in [0, 0.05) is 0 Å². The zero-order chi connectivity index (χ0) is 7.70. The van der Waals surface area contributed by atoms with Crippen molar-refractivity contribution in [1.82, 2.24) is 0 Å². The minimum atomic E-state index is -0.954. The van der Waals surface area contributed by atoms with Gasteiger partial charge in [-0.1, -0.05) is 35.1 Å². The van der Waals surface area contributed by atoms with Gasteiger partial charge in [0.25, 0.3) is 0 Å². The summed E-state index contributed by atoms with van der Waals surface area (Å²) in [7, 11) is 0. The largest absolute Gasteiger partial charge is 0.412 e. The van der Waals surface area contributed by atoms with Crippen molar-refractivity contribution >= 4 is 0 Å². The summed E-state index contributed by atoms with van der Waals surface area (Å²) in [6, 6.07) is 0. The second-order valence-corrected chi connectivity index (χ2v) is 1.73. The van der Waals surface area contributed by atoms with Crippen LogP contribution in [0.4, 0.5) is 0 Å². The normalized spacial score (nSPS) is 5.57. The lowest BCUT2D eigenvalue weighted by Crippen LogP contribution is -2.15. The van der Waals surface area contributed by atoms with Crippen molar-refractivity contribution in [3.8, 4) is 0 Å². The van der Waals surface area contributed by atoms with Crippen LogP contribution >= 0.6 is 0 Å². The Kier molecular flexibility index (Phi) is 186. The molecule has 0 saturated heterocycles. The third-order valence-corrected chi connectivity index (χ3v) is 0.421. The number of hydrogen-bond donors (Lipinski definition) is 3. The molecule has 0 radical (unpaired) electrons. The van der Waals surface area contributed by atoms with E-state index in [0.717, 1.165) is 0 Å². The number of rotatable bonds is 2. The van der Waals surface area contributed by atoms with Crippen molar-refractivity contribution < 1.29 is 31.7 Å². The molecular weight excluding hydrogens is 192 g/mol. The molecule has 0 aromatic rings. The van der Waals surface area contributed by atoms with Gasteiger partial charge in [-0.05, 0) is 0 Å². The minimum absolute atomic E-state index is 0. The molecule has 0 saturated carbocycles. The van der Waals surface area contributed by atoms with Crippen molar-refractivity contribution in [3.63, 3.8) is 0 Å². The summed E-state index contributed by atoms with van der Waals surface area (Å²) in [4.78, 5) is 0. The molecule has 0 aliphatic carbocycles. The SMILES string of the molecule is C.C.CCC.O.O.O.OCC(O)CO. The molecule has 0 fully saturated rings. The Morgan fingerprint density at radius 2 is 1.00 bits per heavy atom. The number of hydrogen-bond acceptors (Lipinski definition) is 3. The fourth-order valence-corrected chi connectivity index (χ4v) is 0.0577. The molecule has 0 aromatic heterocycles. The van der Waals surface area contributed by atoms with Crippen molar-refractivity contribution in [1.29, 1.82) is 0 Å². The zero-order valence-corrected chi connectivity index (χ0v) is 7.54. The fourth-order valence-electron chi connectivity index (χ4n) is 0.0577. The fraction of sp³-hybridized carbons (Fsp3) is 1.00. The third-order valence-electron chi connectivity index (χ3n) is 0.421. The van der Waals surface area contributed by atoms with E-state index in [1.807, 2.05) is 0 Å². The van der Waals surface area contributed by atoms with Crippen molar-refractivity contribution in [3.05, 3.63) is 0 Å². The Hall–Kier alpha value is -0.240. The van der Waals surface area contributed by atoms with Gasteiger partial charge in [0.05, 0.1) is 13.2 Å². The molecule has 6 nitrogen and oxygen atoms in total. The minimum Gasteiger partial charge on any atom is -0.412 e. The van der Waals surface area contributed by atoms with Gasteiger partial charge < -0.3 is 31.7 Å². The molecule has 0 unspecified atom stereocenters. The third kappa shape index (κ3) is 96.3. The summed E-state index contributed by atoms with van der Waals surface area (Å²) in [6.45, 7) is 3.52. The van der Waals surface area contributed by atoms with E-state index >= 15 is 0 Å². The van der Waals surface area contributed by atoms with Crippen LogP contribution in [-0.4, -0.2) is 51.1 Å².